The van der Waals surface area contributed by atoms with Crippen molar-refractivity contribution < 1.29 is 30.3 Å². The number of ether oxygens (including phenoxy) is 1. The van der Waals surface area contributed by atoms with E-state index in [1.807, 2.05) is 0 Å². The fraction of sp³-hybridized carbons (Fsp3) is 0.684. The Morgan fingerprint density at radius 1 is 1.08 bits per heavy atom. The molecule has 26 heavy (non-hydrogen) atoms. The Morgan fingerprint density at radius 2 is 1.77 bits per heavy atom. The number of rotatable bonds is 4. The molecule has 1 aliphatic heterocycles. The zero-order chi connectivity index (χ0) is 18.9. The molecule has 0 aromatic heterocycles. The molecule has 1 heterocycles. The van der Waals surface area contributed by atoms with Crippen LogP contribution in [0.25, 0.3) is 0 Å². The molecule has 0 radical (unpaired) electrons. The molecule has 0 amide bonds. The van der Waals surface area contributed by atoms with E-state index in [9.17, 15) is 25.5 Å². The van der Waals surface area contributed by atoms with Gasteiger partial charge in [-0.2, -0.15) is 0 Å². The van der Waals surface area contributed by atoms with Crippen LogP contribution in [0.5, 0.6) is 0 Å². The van der Waals surface area contributed by atoms with E-state index in [1.54, 1.807) is 12.1 Å². The lowest BCUT2D eigenvalue weighted by molar-refractivity contribution is -0.357. The van der Waals surface area contributed by atoms with E-state index < -0.39 is 36.8 Å². The maximum absolute atomic E-state index is 10.9. The van der Waals surface area contributed by atoms with Crippen molar-refractivity contribution in [3.05, 3.63) is 34.3 Å². The van der Waals surface area contributed by atoms with Gasteiger partial charge in [0, 0.05) is 10.6 Å². The van der Waals surface area contributed by atoms with Crippen LogP contribution in [0, 0.1) is 5.92 Å². The largest absolute Gasteiger partial charge is 0.394 e. The van der Waals surface area contributed by atoms with E-state index in [1.165, 1.54) is 25.3 Å². The van der Waals surface area contributed by atoms with Crippen molar-refractivity contribution in [1.82, 2.24) is 0 Å². The normalized spacial score (nSPS) is 36.2. The van der Waals surface area contributed by atoms with Crippen LogP contribution in [0.15, 0.2) is 18.2 Å². The minimum atomic E-state index is -2.24. The monoisotopic (exact) mass is 386 g/mol. The van der Waals surface area contributed by atoms with E-state index in [-0.39, 0.29) is 5.56 Å². The van der Waals surface area contributed by atoms with Gasteiger partial charge < -0.3 is 30.3 Å². The van der Waals surface area contributed by atoms with E-state index in [0.29, 0.717) is 10.9 Å². The summed E-state index contributed by atoms with van der Waals surface area (Å²) < 4.78 is 5.39. The van der Waals surface area contributed by atoms with Crippen molar-refractivity contribution in [3.63, 3.8) is 0 Å². The smallest absolute Gasteiger partial charge is 0.222 e. The number of hydrogen-bond donors (Lipinski definition) is 5. The number of halogens is 1. The number of aliphatic hydroxyl groups excluding tert-OH is 4. The van der Waals surface area contributed by atoms with Crippen molar-refractivity contribution in [2.45, 2.75) is 68.7 Å². The Bertz CT molecular complexity index is 618. The first-order valence-electron chi connectivity index (χ1n) is 9.21. The molecule has 1 saturated carbocycles. The third-order valence-electron chi connectivity index (χ3n) is 5.66. The molecule has 146 valence electrons. The minimum absolute atomic E-state index is 0.240. The topological polar surface area (TPSA) is 110 Å². The number of benzene rings is 1. The highest BCUT2D eigenvalue weighted by molar-refractivity contribution is 6.31. The molecule has 0 bridgehead atoms. The molecule has 2 fully saturated rings. The molecular formula is C19H27ClO6. The third kappa shape index (κ3) is 3.78. The summed E-state index contributed by atoms with van der Waals surface area (Å²) in [6.45, 7) is -0.601. The van der Waals surface area contributed by atoms with Crippen LogP contribution in [0.3, 0.4) is 0 Å². The second kappa shape index (κ2) is 8.10. The standard InChI is InChI=1S/C19H27ClO6/c20-14-7-6-13(9-12(14)8-11-4-2-1-3-5-11)19(25)18(24)17(23)16(22)15(10-21)26-19/h6-7,9,11,15-18,21-25H,1-5,8,10H2/t15-,16-,17+,18-,19-/m1/s1. The van der Waals surface area contributed by atoms with Crippen molar-refractivity contribution in [1.29, 1.82) is 0 Å². The maximum atomic E-state index is 10.9. The van der Waals surface area contributed by atoms with E-state index in [4.69, 9.17) is 16.3 Å². The van der Waals surface area contributed by atoms with Crippen molar-refractivity contribution in [3.8, 4) is 0 Å². The zero-order valence-corrected chi connectivity index (χ0v) is 15.3. The minimum Gasteiger partial charge on any atom is -0.394 e. The molecule has 1 aromatic rings. The molecule has 7 heteroatoms. The van der Waals surface area contributed by atoms with Crippen LogP contribution < -0.4 is 0 Å². The SMILES string of the molecule is OC[C@H]1O[C@](O)(c2ccc(Cl)c(CC3CCCCC3)c2)[C@H](O)[C@@H](O)[C@@H]1O. The van der Waals surface area contributed by atoms with Gasteiger partial charge in [-0.25, -0.2) is 0 Å². The Kier molecular flexibility index (Phi) is 6.24. The lowest BCUT2D eigenvalue weighted by Crippen LogP contribution is -2.63. The van der Waals surface area contributed by atoms with E-state index >= 15 is 0 Å². The lowest BCUT2D eigenvalue weighted by atomic mass is 9.83. The first kappa shape index (κ1) is 20.0. The van der Waals surface area contributed by atoms with Gasteiger partial charge in [-0.3, -0.25) is 0 Å². The Morgan fingerprint density at radius 3 is 2.42 bits per heavy atom. The van der Waals surface area contributed by atoms with Crippen LogP contribution in [0.2, 0.25) is 5.02 Å². The fourth-order valence-electron chi connectivity index (χ4n) is 4.05. The average Bonchev–Trinajstić information content (AvgIpc) is 2.65. The van der Waals surface area contributed by atoms with Gasteiger partial charge in [0.25, 0.3) is 0 Å². The second-order valence-corrected chi connectivity index (χ2v) is 7.88. The molecule has 0 unspecified atom stereocenters. The first-order chi connectivity index (χ1) is 12.4. The van der Waals surface area contributed by atoms with Gasteiger partial charge in [0.1, 0.15) is 24.4 Å². The molecule has 0 spiro atoms. The van der Waals surface area contributed by atoms with Crippen molar-refractivity contribution >= 4 is 11.6 Å². The molecule has 1 aliphatic carbocycles. The summed E-state index contributed by atoms with van der Waals surface area (Å²) >= 11 is 6.33. The summed E-state index contributed by atoms with van der Waals surface area (Å²) in [7, 11) is 0. The van der Waals surface area contributed by atoms with Crippen LogP contribution in [0.4, 0.5) is 0 Å². The molecule has 3 rings (SSSR count). The third-order valence-corrected chi connectivity index (χ3v) is 6.03. The molecule has 1 saturated heterocycles. The number of aliphatic hydroxyl groups is 5. The molecule has 5 atom stereocenters. The Hall–Kier alpha value is -0.730. The van der Waals surface area contributed by atoms with Gasteiger partial charge in [0.2, 0.25) is 5.79 Å². The molecular weight excluding hydrogens is 360 g/mol. The quantitative estimate of drug-likeness (QED) is 0.529. The highest BCUT2D eigenvalue weighted by atomic mass is 35.5. The molecule has 6 nitrogen and oxygen atoms in total. The van der Waals surface area contributed by atoms with Gasteiger partial charge >= 0.3 is 0 Å². The maximum Gasteiger partial charge on any atom is 0.222 e. The second-order valence-electron chi connectivity index (χ2n) is 7.48. The fourth-order valence-corrected chi connectivity index (χ4v) is 4.24. The van der Waals surface area contributed by atoms with Crippen molar-refractivity contribution in [2.75, 3.05) is 6.61 Å². The van der Waals surface area contributed by atoms with Gasteiger partial charge in [-0.05, 0) is 30.0 Å². The molecule has 2 aliphatic rings. The summed E-state index contributed by atoms with van der Waals surface area (Å²) in [6, 6.07) is 4.84. The van der Waals surface area contributed by atoms with Gasteiger partial charge in [-0.1, -0.05) is 49.8 Å². The summed E-state index contributed by atoms with van der Waals surface area (Å²) in [5, 5.41) is 51.1. The first-order valence-corrected chi connectivity index (χ1v) is 9.58. The van der Waals surface area contributed by atoms with Crippen molar-refractivity contribution in [2.24, 2.45) is 5.92 Å². The molecule has 5 N–H and O–H groups in total. The average molecular weight is 387 g/mol. The van der Waals surface area contributed by atoms with Crippen LogP contribution in [0.1, 0.15) is 43.2 Å². The lowest BCUT2D eigenvalue weighted by Gasteiger charge is -2.45. The van der Waals surface area contributed by atoms with Gasteiger partial charge in [0.15, 0.2) is 0 Å². The summed E-state index contributed by atoms with van der Waals surface area (Å²) in [5.41, 5.74) is 1.09. The molecule has 1 aromatic carbocycles. The summed E-state index contributed by atoms with van der Waals surface area (Å²) in [4.78, 5) is 0. The van der Waals surface area contributed by atoms with Crippen LogP contribution in [-0.2, 0) is 16.9 Å². The predicted molar refractivity (Wildman–Crippen MR) is 95.6 cm³/mol. The predicted octanol–water partition coefficient (Wildman–Crippen LogP) is 1.08. The van der Waals surface area contributed by atoms with Crippen LogP contribution >= 0.6 is 11.6 Å². The highest BCUT2D eigenvalue weighted by Gasteiger charge is 2.53. The van der Waals surface area contributed by atoms with E-state index in [2.05, 4.69) is 0 Å². The van der Waals surface area contributed by atoms with Crippen LogP contribution in [-0.4, -0.2) is 56.6 Å². The highest BCUT2D eigenvalue weighted by Crippen LogP contribution is 2.38. The van der Waals surface area contributed by atoms with Gasteiger partial charge in [0.05, 0.1) is 6.61 Å². The Labute approximate surface area is 158 Å². The van der Waals surface area contributed by atoms with Gasteiger partial charge in [-0.15, -0.1) is 0 Å². The number of hydrogen-bond acceptors (Lipinski definition) is 6. The summed E-state index contributed by atoms with van der Waals surface area (Å²) in [6.07, 6.45) is 0.599. The Balaban J connectivity index is 1.88. The zero-order valence-electron chi connectivity index (χ0n) is 14.6. The summed E-state index contributed by atoms with van der Waals surface area (Å²) in [5.74, 6) is -1.71. The van der Waals surface area contributed by atoms with E-state index in [0.717, 1.165) is 24.8 Å².